The van der Waals surface area contributed by atoms with Gasteiger partial charge in [0, 0.05) is 12.5 Å². The maximum Gasteiger partial charge on any atom is 0.0759 e. The predicted molar refractivity (Wildman–Crippen MR) is 46.1 cm³/mol. The third-order valence-corrected chi connectivity index (χ3v) is 2.99. The fraction of sp³-hybridized carbons (Fsp3) is 0.875. The second-order valence-corrected chi connectivity index (χ2v) is 3.92. The molecule has 0 aromatic rings. The molecule has 2 atom stereocenters. The summed E-state index contributed by atoms with van der Waals surface area (Å²) in [6, 6.07) is 0.751. The number of rotatable bonds is 0. The fourth-order valence-electron chi connectivity index (χ4n) is 2.15. The lowest BCUT2D eigenvalue weighted by molar-refractivity contribution is 0.326. The van der Waals surface area contributed by atoms with Crippen LogP contribution in [-0.4, -0.2) is 11.0 Å². The zero-order chi connectivity index (χ0) is 6.97. The molecule has 2 unspecified atom stereocenters. The summed E-state index contributed by atoms with van der Waals surface area (Å²) in [6.45, 7) is 0. The summed E-state index contributed by atoms with van der Waals surface area (Å²) >= 11 is 5.12. The number of fused-ring (bicyclic) bond motifs is 1. The van der Waals surface area contributed by atoms with Crippen molar-refractivity contribution in [2.24, 2.45) is 5.92 Å². The first-order valence-electron chi connectivity index (χ1n) is 4.15. The lowest BCUT2D eigenvalue weighted by Crippen LogP contribution is -2.30. The minimum Gasteiger partial charge on any atom is -0.377 e. The van der Waals surface area contributed by atoms with E-state index in [0.29, 0.717) is 0 Å². The van der Waals surface area contributed by atoms with E-state index in [4.69, 9.17) is 12.2 Å². The van der Waals surface area contributed by atoms with Gasteiger partial charge in [-0.25, -0.2) is 0 Å². The van der Waals surface area contributed by atoms with E-state index in [0.717, 1.165) is 16.9 Å². The Bertz CT molecular complexity index is 139. The van der Waals surface area contributed by atoms with E-state index in [1.54, 1.807) is 0 Å². The minimum atomic E-state index is 0.751. The van der Waals surface area contributed by atoms with Crippen molar-refractivity contribution in [2.75, 3.05) is 0 Å². The maximum atomic E-state index is 5.12. The number of hydrogen-bond acceptors (Lipinski definition) is 1. The van der Waals surface area contributed by atoms with Crippen molar-refractivity contribution in [2.45, 2.75) is 38.1 Å². The van der Waals surface area contributed by atoms with E-state index < -0.39 is 0 Å². The van der Waals surface area contributed by atoms with Crippen LogP contribution in [0.5, 0.6) is 0 Å². The molecule has 0 spiro atoms. The van der Waals surface area contributed by atoms with Crippen LogP contribution in [0.1, 0.15) is 32.1 Å². The van der Waals surface area contributed by atoms with Crippen LogP contribution < -0.4 is 5.32 Å². The van der Waals surface area contributed by atoms with Crippen molar-refractivity contribution in [3.8, 4) is 0 Å². The lowest BCUT2D eigenvalue weighted by atomic mass is 9.86. The molecule has 2 heteroatoms. The van der Waals surface area contributed by atoms with Crippen molar-refractivity contribution in [3.63, 3.8) is 0 Å². The van der Waals surface area contributed by atoms with Crippen LogP contribution in [0.4, 0.5) is 0 Å². The summed E-state index contributed by atoms with van der Waals surface area (Å²) in [5.41, 5.74) is 0. The predicted octanol–water partition coefficient (Wildman–Crippen LogP) is 1.87. The Morgan fingerprint density at radius 2 is 2.10 bits per heavy atom. The van der Waals surface area contributed by atoms with Crippen LogP contribution in [-0.2, 0) is 0 Å². The second kappa shape index (κ2) is 2.50. The number of thiocarbonyl (C=S) groups is 1. The van der Waals surface area contributed by atoms with Crippen molar-refractivity contribution in [1.82, 2.24) is 5.32 Å². The molecule has 1 saturated heterocycles. The average molecular weight is 155 g/mol. The average Bonchev–Trinajstić information content (AvgIpc) is 2.27. The van der Waals surface area contributed by atoms with Crippen LogP contribution >= 0.6 is 12.2 Å². The topological polar surface area (TPSA) is 12.0 Å². The molecule has 0 aromatic heterocycles. The Morgan fingerprint density at radius 3 is 2.90 bits per heavy atom. The lowest BCUT2D eigenvalue weighted by Gasteiger charge is -2.23. The largest absolute Gasteiger partial charge is 0.377 e. The molecule has 1 heterocycles. The zero-order valence-electron chi connectivity index (χ0n) is 6.10. The zero-order valence-corrected chi connectivity index (χ0v) is 6.91. The summed E-state index contributed by atoms with van der Waals surface area (Å²) < 4.78 is 0. The van der Waals surface area contributed by atoms with E-state index in [1.807, 2.05) is 0 Å². The Labute approximate surface area is 67.2 Å². The van der Waals surface area contributed by atoms with Crippen LogP contribution in [0.15, 0.2) is 0 Å². The molecule has 0 amide bonds. The van der Waals surface area contributed by atoms with Crippen LogP contribution in [0, 0.1) is 5.92 Å². The van der Waals surface area contributed by atoms with Gasteiger partial charge in [0.2, 0.25) is 0 Å². The van der Waals surface area contributed by atoms with Gasteiger partial charge in [-0.05, 0) is 18.8 Å². The molecule has 1 nitrogen and oxygen atoms in total. The van der Waals surface area contributed by atoms with E-state index in [-0.39, 0.29) is 0 Å². The van der Waals surface area contributed by atoms with E-state index in [9.17, 15) is 0 Å². The Morgan fingerprint density at radius 1 is 1.30 bits per heavy atom. The second-order valence-electron chi connectivity index (χ2n) is 3.42. The minimum absolute atomic E-state index is 0.751. The highest BCUT2D eigenvalue weighted by Gasteiger charge is 2.31. The Balaban J connectivity index is 2.04. The van der Waals surface area contributed by atoms with Crippen molar-refractivity contribution in [3.05, 3.63) is 0 Å². The van der Waals surface area contributed by atoms with Crippen molar-refractivity contribution < 1.29 is 0 Å². The first kappa shape index (κ1) is 6.59. The van der Waals surface area contributed by atoms with Gasteiger partial charge in [-0.15, -0.1) is 0 Å². The molecule has 0 radical (unpaired) electrons. The maximum absolute atomic E-state index is 5.12. The summed E-state index contributed by atoms with van der Waals surface area (Å²) in [5.74, 6) is 0.890. The number of nitrogens with one attached hydrogen (secondary N) is 1. The molecule has 10 heavy (non-hydrogen) atoms. The third kappa shape index (κ3) is 1.05. The molecule has 2 fully saturated rings. The van der Waals surface area contributed by atoms with E-state index >= 15 is 0 Å². The van der Waals surface area contributed by atoms with Gasteiger partial charge < -0.3 is 5.32 Å². The van der Waals surface area contributed by atoms with Crippen LogP contribution in [0.3, 0.4) is 0 Å². The molecule has 0 bridgehead atoms. The quantitative estimate of drug-likeness (QED) is 0.536. The van der Waals surface area contributed by atoms with Gasteiger partial charge in [0.1, 0.15) is 0 Å². The summed E-state index contributed by atoms with van der Waals surface area (Å²) in [6.07, 6.45) is 6.74. The SMILES string of the molecule is S=C1CC2CCCCC2N1. The van der Waals surface area contributed by atoms with Crippen LogP contribution in [0.2, 0.25) is 0 Å². The molecular weight excluding hydrogens is 142 g/mol. The van der Waals surface area contributed by atoms with Crippen LogP contribution in [0.25, 0.3) is 0 Å². The molecule has 1 saturated carbocycles. The van der Waals surface area contributed by atoms with Gasteiger partial charge in [-0.3, -0.25) is 0 Å². The van der Waals surface area contributed by atoms with E-state index in [1.165, 1.54) is 32.1 Å². The molecule has 0 aromatic carbocycles. The van der Waals surface area contributed by atoms with Gasteiger partial charge in [-0.1, -0.05) is 25.1 Å². The first-order chi connectivity index (χ1) is 4.86. The van der Waals surface area contributed by atoms with Gasteiger partial charge in [-0.2, -0.15) is 0 Å². The highest BCUT2D eigenvalue weighted by Crippen LogP contribution is 2.31. The molecule has 1 aliphatic carbocycles. The molecular formula is C8H13NS. The first-order valence-corrected chi connectivity index (χ1v) is 4.56. The summed E-state index contributed by atoms with van der Waals surface area (Å²) in [7, 11) is 0. The van der Waals surface area contributed by atoms with Gasteiger partial charge in [0.25, 0.3) is 0 Å². The standard InChI is InChI=1S/C8H13NS/c10-8-5-6-3-1-2-4-7(6)9-8/h6-7H,1-5H2,(H,9,10). The highest BCUT2D eigenvalue weighted by molar-refractivity contribution is 7.80. The van der Waals surface area contributed by atoms with Gasteiger partial charge >= 0.3 is 0 Å². The Kier molecular flexibility index (Phi) is 1.65. The fourth-order valence-corrected chi connectivity index (χ4v) is 2.51. The normalized spacial score (nSPS) is 39.0. The molecule has 2 rings (SSSR count). The summed E-state index contributed by atoms with van der Waals surface area (Å²) in [5, 5.41) is 3.39. The molecule has 2 aliphatic rings. The van der Waals surface area contributed by atoms with Gasteiger partial charge in [0.05, 0.1) is 4.99 Å². The smallest absolute Gasteiger partial charge is 0.0759 e. The molecule has 56 valence electrons. The van der Waals surface area contributed by atoms with E-state index in [2.05, 4.69) is 5.32 Å². The van der Waals surface area contributed by atoms with Crippen molar-refractivity contribution >= 4 is 17.2 Å². The molecule has 1 aliphatic heterocycles. The third-order valence-electron chi connectivity index (χ3n) is 2.70. The number of hydrogen-bond donors (Lipinski definition) is 1. The van der Waals surface area contributed by atoms with Gasteiger partial charge in [0.15, 0.2) is 0 Å². The van der Waals surface area contributed by atoms with Crippen molar-refractivity contribution in [1.29, 1.82) is 0 Å². The molecule has 1 N–H and O–H groups in total. The monoisotopic (exact) mass is 155 g/mol. The summed E-state index contributed by atoms with van der Waals surface area (Å²) in [4.78, 5) is 1.11. The Hall–Kier alpha value is -0.110. The highest BCUT2D eigenvalue weighted by atomic mass is 32.1.